The van der Waals surface area contributed by atoms with Crippen molar-refractivity contribution in [2.75, 3.05) is 6.54 Å². The summed E-state index contributed by atoms with van der Waals surface area (Å²) in [4.78, 5) is 10.8. The second kappa shape index (κ2) is 6.04. The van der Waals surface area contributed by atoms with E-state index >= 15 is 0 Å². The Hall–Kier alpha value is -0.540. The molecule has 1 saturated carbocycles. The van der Waals surface area contributed by atoms with Gasteiger partial charge in [0.05, 0.1) is 5.92 Å². The molecule has 0 spiro atoms. The molecule has 0 aromatic rings. The third kappa shape index (κ3) is 3.68. The summed E-state index contributed by atoms with van der Waals surface area (Å²) in [5, 5.41) is 12.1. The molecular formula is C10H16ClNO2. The average Bonchev–Trinajstić information content (AvgIpc) is 2.19. The summed E-state index contributed by atoms with van der Waals surface area (Å²) in [5.41, 5.74) is 1.48. The van der Waals surface area contributed by atoms with Crippen LogP contribution in [0.15, 0.2) is 11.6 Å². The van der Waals surface area contributed by atoms with Gasteiger partial charge in [-0.25, -0.2) is 0 Å². The Balaban J connectivity index is 2.29. The monoisotopic (exact) mass is 217 g/mol. The van der Waals surface area contributed by atoms with E-state index in [4.69, 9.17) is 16.7 Å². The van der Waals surface area contributed by atoms with Gasteiger partial charge in [-0.15, -0.1) is 0 Å². The Bertz CT molecular complexity index is 218. The van der Waals surface area contributed by atoms with E-state index in [0.717, 1.165) is 32.2 Å². The van der Waals surface area contributed by atoms with Gasteiger partial charge >= 0.3 is 5.97 Å². The van der Waals surface area contributed by atoms with Crippen LogP contribution in [0.1, 0.15) is 25.7 Å². The number of rotatable bonds is 4. The quantitative estimate of drug-likeness (QED) is 0.757. The molecule has 2 atom stereocenters. The summed E-state index contributed by atoms with van der Waals surface area (Å²) in [7, 11) is 0. The van der Waals surface area contributed by atoms with Crippen molar-refractivity contribution in [3.05, 3.63) is 11.6 Å². The highest BCUT2D eigenvalue weighted by molar-refractivity contribution is 6.25. The predicted octanol–water partition coefficient (Wildman–Crippen LogP) is 1.97. The van der Waals surface area contributed by atoms with Crippen LogP contribution in [0.3, 0.4) is 0 Å². The van der Waals surface area contributed by atoms with Gasteiger partial charge in [-0.2, -0.15) is 0 Å². The van der Waals surface area contributed by atoms with E-state index < -0.39 is 5.97 Å². The molecule has 0 aliphatic heterocycles. The molecule has 1 aliphatic carbocycles. The molecule has 0 saturated heterocycles. The Morgan fingerprint density at radius 3 is 3.00 bits per heavy atom. The predicted molar refractivity (Wildman–Crippen MR) is 56.4 cm³/mol. The van der Waals surface area contributed by atoms with Crippen LogP contribution in [0.5, 0.6) is 0 Å². The zero-order chi connectivity index (χ0) is 10.4. The van der Waals surface area contributed by atoms with Gasteiger partial charge in [-0.1, -0.05) is 24.1 Å². The van der Waals surface area contributed by atoms with Gasteiger partial charge in [-0.05, 0) is 19.3 Å². The third-order valence-corrected chi connectivity index (χ3v) is 2.82. The van der Waals surface area contributed by atoms with Gasteiger partial charge in [0.1, 0.15) is 0 Å². The van der Waals surface area contributed by atoms with Crippen molar-refractivity contribution in [2.45, 2.75) is 31.7 Å². The normalized spacial score (nSPS) is 28.1. The third-order valence-electron chi connectivity index (χ3n) is 2.64. The fourth-order valence-corrected chi connectivity index (χ4v) is 1.97. The minimum atomic E-state index is -0.663. The molecule has 2 N–H and O–H groups in total. The molecule has 1 aliphatic rings. The topological polar surface area (TPSA) is 49.3 Å². The van der Waals surface area contributed by atoms with E-state index in [0.29, 0.717) is 6.04 Å². The number of carboxylic acids is 1. The molecule has 14 heavy (non-hydrogen) atoms. The molecule has 0 aromatic carbocycles. The zero-order valence-electron chi connectivity index (χ0n) is 8.08. The summed E-state index contributed by atoms with van der Waals surface area (Å²) < 4.78 is 0. The van der Waals surface area contributed by atoms with Crippen molar-refractivity contribution in [1.82, 2.24) is 5.32 Å². The molecule has 80 valence electrons. The number of aliphatic carboxylic acids is 1. The second-order valence-corrected chi connectivity index (χ2v) is 3.92. The van der Waals surface area contributed by atoms with Gasteiger partial charge < -0.3 is 10.4 Å². The van der Waals surface area contributed by atoms with Gasteiger partial charge in [0.2, 0.25) is 0 Å². The minimum Gasteiger partial charge on any atom is -0.481 e. The number of hydrogen-bond donors (Lipinski definition) is 2. The number of carbonyl (C=O) groups is 1. The number of nitrogens with one attached hydrogen (secondary N) is 1. The van der Waals surface area contributed by atoms with Crippen LogP contribution in [0.2, 0.25) is 0 Å². The number of hydrogen-bond acceptors (Lipinski definition) is 2. The van der Waals surface area contributed by atoms with Crippen molar-refractivity contribution < 1.29 is 9.90 Å². The Morgan fingerprint density at radius 2 is 2.36 bits per heavy atom. The smallest absolute Gasteiger partial charge is 0.306 e. The summed E-state index contributed by atoms with van der Waals surface area (Å²) in [6, 6.07) is 0.331. The van der Waals surface area contributed by atoms with Crippen molar-refractivity contribution in [1.29, 1.82) is 0 Å². The van der Waals surface area contributed by atoms with Gasteiger partial charge in [0.15, 0.2) is 0 Å². The first-order valence-corrected chi connectivity index (χ1v) is 5.39. The van der Waals surface area contributed by atoms with Crippen molar-refractivity contribution in [3.8, 4) is 0 Å². The molecule has 0 heterocycles. The van der Waals surface area contributed by atoms with E-state index in [2.05, 4.69) is 5.32 Å². The van der Waals surface area contributed by atoms with Crippen molar-refractivity contribution >= 4 is 17.6 Å². The van der Waals surface area contributed by atoms with Crippen LogP contribution in [-0.4, -0.2) is 23.7 Å². The Kier molecular flexibility index (Phi) is 4.98. The first-order valence-electron chi connectivity index (χ1n) is 4.95. The van der Waals surface area contributed by atoms with E-state index in [-0.39, 0.29) is 5.92 Å². The highest BCUT2D eigenvalue weighted by Crippen LogP contribution is 2.24. The fraction of sp³-hybridized carbons (Fsp3) is 0.700. The van der Waals surface area contributed by atoms with Crippen LogP contribution in [0.4, 0.5) is 0 Å². The zero-order valence-corrected chi connectivity index (χ0v) is 8.83. The lowest BCUT2D eigenvalue weighted by atomic mass is 9.86. The molecule has 0 bridgehead atoms. The molecular weight excluding hydrogens is 202 g/mol. The lowest BCUT2D eigenvalue weighted by Crippen LogP contribution is -2.36. The largest absolute Gasteiger partial charge is 0.481 e. The lowest BCUT2D eigenvalue weighted by molar-refractivity contribution is -0.143. The maximum Gasteiger partial charge on any atom is 0.306 e. The molecule has 1 rings (SSSR count). The van der Waals surface area contributed by atoms with Gasteiger partial charge in [-0.3, -0.25) is 4.79 Å². The van der Waals surface area contributed by atoms with Gasteiger partial charge in [0, 0.05) is 18.1 Å². The number of halogens is 1. The maximum atomic E-state index is 10.8. The van der Waals surface area contributed by atoms with E-state index in [1.807, 2.05) is 6.08 Å². The average molecular weight is 218 g/mol. The van der Waals surface area contributed by atoms with Crippen LogP contribution >= 0.6 is 11.6 Å². The number of carboxylic acid groups (broad SMARTS) is 1. The lowest BCUT2D eigenvalue weighted by Gasteiger charge is -2.26. The first kappa shape index (κ1) is 11.5. The molecule has 0 amide bonds. The molecule has 3 nitrogen and oxygen atoms in total. The van der Waals surface area contributed by atoms with E-state index in [9.17, 15) is 4.79 Å². The van der Waals surface area contributed by atoms with Crippen molar-refractivity contribution in [3.63, 3.8) is 0 Å². The summed E-state index contributed by atoms with van der Waals surface area (Å²) in [6.07, 6.45) is 5.45. The Labute approximate surface area is 89.1 Å². The SMILES string of the molecule is O=C(O)C1CCCC(NCC=CCl)C1. The van der Waals surface area contributed by atoms with Crippen LogP contribution in [0, 0.1) is 5.92 Å². The van der Waals surface area contributed by atoms with Crippen molar-refractivity contribution in [2.24, 2.45) is 5.92 Å². The van der Waals surface area contributed by atoms with E-state index in [1.165, 1.54) is 5.54 Å². The summed E-state index contributed by atoms with van der Waals surface area (Å²) >= 11 is 5.38. The van der Waals surface area contributed by atoms with Crippen LogP contribution in [-0.2, 0) is 4.79 Å². The summed E-state index contributed by atoms with van der Waals surface area (Å²) in [5.74, 6) is -0.828. The standard InChI is InChI=1S/C10H16ClNO2/c11-5-2-6-12-9-4-1-3-8(7-9)10(13)14/h2,5,8-9,12H,1,3-4,6-7H2,(H,13,14). The molecule has 0 aromatic heterocycles. The highest BCUT2D eigenvalue weighted by atomic mass is 35.5. The maximum absolute atomic E-state index is 10.8. The molecule has 4 heteroatoms. The fourth-order valence-electron chi connectivity index (χ4n) is 1.88. The summed E-state index contributed by atoms with van der Waals surface area (Å²) in [6.45, 7) is 0.723. The second-order valence-electron chi connectivity index (χ2n) is 3.67. The molecule has 2 unspecified atom stereocenters. The van der Waals surface area contributed by atoms with E-state index in [1.54, 1.807) is 0 Å². The minimum absolute atomic E-state index is 0.166. The first-order chi connectivity index (χ1) is 6.74. The highest BCUT2D eigenvalue weighted by Gasteiger charge is 2.26. The van der Waals surface area contributed by atoms with Crippen LogP contribution < -0.4 is 5.32 Å². The Morgan fingerprint density at radius 1 is 1.57 bits per heavy atom. The van der Waals surface area contributed by atoms with Crippen LogP contribution in [0.25, 0.3) is 0 Å². The molecule has 0 radical (unpaired) electrons. The molecule has 1 fully saturated rings. The van der Waals surface area contributed by atoms with Gasteiger partial charge in [0.25, 0.3) is 0 Å².